The lowest BCUT2D eigenvalue weighted by molar-refractivity contribution is -0.117. The molecule has 0 aromatic heterocycles. The van der Waals surface area contributed by atoms with Crippen LogP contribution >= 0.6 is 12.2 Å². The third-order valence-corrected chi connectivity index (χ3v) is 8.20. The molecule has 4 aliphatic rings. The Kier molecular flexibility index (Phi) is 3.97. The molecule has 3 saturated carbocycles. The van der Waals surface area contributed by atoms with Gasteiger partial charge >= 0.3 is 0 Å². The summed E-state index contributed by atoms with van der Waals surface area (Å²) in [6.07, 6.45) is 9.23. The van der Waals surface area contributed by atoms with Crippen LogP contribution in [0, 0.1) is 34.5 Å². The van der Waals surface area contributed by atoms with E-state index in [4.69, 9.17) is 12.2 Å². The van der Waals surface area contributed by atoms with Gasteiger partial charge < -0.3 is 5.11 Å². The number of carbonyl (C=O) groups excluding carboxylic acids is 1. The summed E-state index contributed by atoms with van der Waals surface area (Å²) in [5, 5.41) is 11.2. The molecule has 136 valence electrons. The van der Waals surface area contributed by atoms with Crippen LogP contribution in [0.3, 0.4) is 0 Å². The molecule has 3 nitrogen and oxygen atoms in total. The summed E-state index contributed by atoms with van der Waals surface area (Å²) in [6, 6.07) is 0. The Labute approximate surface area is 153 Å². The van der Waals surface area contributed by atoms with Crippen LogP contribution in [0.1, 0.15) is 46.0 Å². The Morgan fingerprint density at radius 3 is 2.84 bits per heavy atom. The average molecular weight is 364 g/mol. The van der Waals surface area contributed by atoms with Gasteiger partial charge in [-0.3, -0.25) is 9.74 Å². The van der Waals surface area contributed by atoms with Crippen LogP contribution in [0.4, 0.5) is 4.53 Å². The van der Waals surface area contributed by atoms with Crippen molar-refractivity contribution in [1.82, 2.24) is 0 Å². The van der Waals surface area contributed by atoms with Gasteiger partial charge in [0.2, 0.25) is 5.05 Å². The zero-order valence-corrected chi connectivity index (χ0v) is 15.5. The number of hydrogen-bond acceptors (Lipinski definition) is 4. The first-order chi connectivity index (χ1) is 11.8. The molecule has 0 aromatic carbocycles. The molecule has 3 fully saturated rings. The Morgan fingerprint density at radius 2 is 2.12 bits per heavy atom. The summed E-state index contributed by atoms with van der Waals surface area (Å²) >= 11 is 5.13. The number of aliphatic hydroxyl groups excluding tert-OH is 1. The smallest absolute Gasteiger partial charge is 0.215 e. The number of ketones is 1. The minimum Gasteiger partial charge on any atom is -0.393 e. The molecule has 0 saturated heterocycles. The molecule has 0 bridgehead atoms. The van der Waals surface area contributed by atoms with E-state index in [1.807, 2.05) is 6.08 Å². The minimum atomic E-state index is -0.485. The highest BCUT2D eigenvalue weighted by Crippen LogP contribution is 2.66. The van der Waals surface area contributed by atoms with Crippen molar-refractivity contribution in [3.63, 3.8) is 0 Å². The summed E-state index contributed by atoms with van der Waals surface area (Å²) < 4.78 is 12.8. The van der Waals surface area contributed by atoms with E-state index < -0.39 is 6.10 Å². The molecular weight excluding hydrogens is 339 g/mol. The highest BCUT2D eigenvalue weighted by molar-refractivity contribution is 7.80. The lowest BCUT2D eigenvalue weighted by Gasteiger charge is -2.58. The first kappa shape index (κ1) is 17.3. The molecular formula is C20H25FO3S. The fourth-order valence-corrected chi connectivity index (χ4v) is 7.15. The summed E-state index contributed by atoms with van der Waals surface area (Å²) in [5.41, 5.74) is 0.684. The number of carbonyl (C=O) groups is 1. The first-order valence-corrected chi connectivity index (χ1v) is 9.67. The first-order valence-electron chi connectivity index (χ1n) is 9.26. The summed E-state index contributed by atoms with van der Waals surface area (Å²) in [4.78, 5) is 15.7. The van der Waals surface area contributed by atoms with Crippen molar-refractivity contribution >= 4 is 23.1 Å². The number of aliphatic hydroxyl groups is 1. The second-order valence-corrected chi connectivity index (χ2v) is 9.23. The fourth-order valence-electron chi connectivity index (χ4n) is 6.77. The number of fused-ring (bicyclic) bond motifs is 5. The maximum absolute atomic E-state index is 12.8. The van der Waals surface area contributed by atoms with Crippen molar-refractivity contribution < 1.29 is 19.4 Å². The van der Waals surface area contributed by atoms with Crippen molar-refractivity contribution in [2.24, 2.45) is 34.5 Å². The molecule has 4 rings (SSSR count). The molecule has 7 atom stereocenters. The number of halogens is 1. The molecule has 4 aliphatic carbocycles. The molecule has 0 amide bonds. The maximum Gasteiger partial charge on any atom is 0.215 e. The van der Waals surface area contributed by atoms with Crippen molar-refractivity contribution in [1.29, 1.82) is 0 Å². The van der Waals surface area contributed by atoms with Crippen LogP contribution in [-0.2, 0) is 9.74 Å². The van der Waals surface area contributed by atoms with Crippen molar-refractivity contribution in [2.45, 2.75) is 52.1 Å². The predicted octanol–water partition coefficient (Wildman–Crippen LogP) is 4.11. The maximum atomic E-state index is 12.8. The van der Waals surface area contributed by atoms with Gasteiger partial charge in [0.25, 0.3) is 0 Å². The molecule has 1 N–H and O–H groups in total. The second-order valence-electron chi connectivity index (χ2n) is 8.83. The van der Waals surface area contributed by atoms with Gasteiger partial charge in [-0.25, -0.2) is 0 Å². The van der Waals surface area contributed by atoms with E-state index in [9.17, 15) is 14.4 Å². The van der Waals surface area contributed by atoms with Gasteiger partial charge in [0.05, 0.1) is 6.10 Å². The Bertz CT molecular complexity index is 686. The number of hydrogen-bond donors (Lipinski definition) is 1. The molecule has 0 radical (unpaired) electrons. The third kappa shape index (κ3) is 2.31. The predicted molar refractivity (Wildman–Crippen MR) is 96.3 cm³/mol. The molecule has 0 unspecified atom stereocenters. The molecule has 0 spiro atoms. The van der Waals surface area contributed by atoms with Crippen molar-refractivity contribution in [3.05, 3.63) is 23.8 Å². The average Bonchev–Trinajstić information content (AvgIpc) is 2.91. The summed E-state index contributed by atoms with van der Waals surface area (Å²) in [5.74, 6) is 0.812. The molecule has 0 aliphatic heterocycles. The van der Waals surface area contributed by atoms with Gasteiger partial charge in [-0.15, -0.1) is 0 Å². The monoisotopic (exact) mass is 364 g/mol. The Hall–Kier alpha value is -1.07. The van der Waals surface area contributed by atoms with E-state index in [1.165, 1.54) is 0 Å². The fraction of sp³-hybridized carbons (Fsp3) is 0.700. The van der Waals surface area contributed by atoms with Gasteiger partial charge in [0, 0.05) is 21.8 Å². The van der Waals surface area contributed by atoms with Crippen LogP contribution in [0.2, 0.25) is 0 Å². The Balaban J connectivity index is 1.71. The van der Waals surface area contributed by atoms with E-state index in [-0.39, 0.29) is 33.5 Å². The third-order valence-electron chi connectivity index (χ3n) is 7.85. The van der Waals surface area contributed by atoms with Gasteiger partial charge in [-0.2, -0.15) is 0 Å². The topological polar surface area (TPSA) is 46.5 Å². The van der Waals surface area contributed by atoms with Crippen molar-refractivity contribution in [3.8, 4) is 0 Å². The molecule has 0 heterocycles. The van der Waals surface area contributed by atoms with Crippen molar-refractivity contribution in [2.75, 3.05) is 0 Å². The van der Waals surface area contributed by atoms with Crippen LogP contribution in [-0.4, -0.2) is 22.0 Å². The summed E-state index contributed by atoms with van der Waals surface area (Å²) in [7, 11) is 0. The molecule has 25 heavy (non-hydrogen) atoms. The zero-order chi connectivity index (χ0) is 18.0. The van der Waals surface area contributed by atoms with Crippen LogP contribution < -0.4 is 0 Å². The van der Waals surface area contributed by atoms with E-state index in [0.717, 1.165) is 31.3 Å². The van der Waals surface area contributed by atoms with Gasteiger partial charge in [0.15, 0.2) is 5.78 Å². The van der Waals surface area contributed by atoms with E-state index in [2.05, 4.69) is 18.8 Å². The zero-order valence-electron chi connectivity index (χ0n) is 14.7. The van der Waals surface area contributed by atoms with Crippen LogP contribution in [0.5, 0.6) is 0 Å². The lowest BCUT2D eigenvalue weighted by atomic mass is 9.47. The van der Waals surface area contributed by atoms with E-state index in [1.54, 1.807) is 12.2 Å². The second kappa shape index (κ2) is 5.71. The van der Waals surface area contributed by atoms with Crippen LogP contribution in [0.25, 0.3) is 0 Å². The van der Waals surface area contributed by atoms with Gasteiger partial charge in [-0.05, 0) is 73.7 Å². The van der Waals surface area contributed by atoms with E-state index in [0.29, 0.717) is 18.3 Å². The Morgan fingerprint density at radius 1 is 1.36 bits per heavy atom. The highest BCUT2D eigenvalue weighted by Gasteiger charge is 2.62. The molecule has 0 aromatic rings. The SMILES string of the molecule is C[C@]12C[C@H](O)[C@H]3[C@@H](CCC4=CC(=O)C=C[C@@]43C)[C@@H]1CC[C@@H]2C(=S)OF. The minimum absolute atomic E-state index is 0.0430. The molecule has 5 heteroatoms. The quantitative estimate of drug-likeness (QED) is 0.711. The number of rotatable bonds is 1. The number of allylic oxidation sites excluding steroid dienone is 4. The van der Waals surface area contributed by atoms with Crippen LogP contribution in [0.15, 0.2) is 23.8 Å². The normalized spacial score (nSPS) is 48.2. The highest BCUT2D eigenvalue weighted by atomic mass is 32.1. The largest absolute Gasteiger partial charge is 0.393 e. The van der Waals surface area contributed by atoms with E-state index >= 15 is 0 Å². The lowest BCUT2D eigenvalue weighted by Crippen LogP contribution is -2.56. The van der Waals surface area contributed by atoms with Gasteiger partial charge in [0.1, 0.15) is 0 Å². The van der Waals surface area contributed by atoms with Gasteiger partial charge in [-0.1, -0.05) is 25.5 Å². The number of thiocarbonyl (C=S) groups is 1. The summed E-state index contributed by atoms with van der Waals surface area (Å²) in [6.45, 7) is 4.31. The standard InChI is InChI=1S/C20H25FO3S/c1-19-8-7-12(22)9-11(19)3-4-13-14-5-6-15(18(25)24-21)20(14,2)10-16(23)17(13)19/h7-9,13-17,23H,3-6,10H2,1-2H3/t13-,14-,15+,16-,17+,19-,20-/m0/s1.